The molecular weight excluding hydrogens is 261 g/mol. The molecule has 2 N–H and O–H groups in total. The molecule has 7 heteroatoms. The normalized spacial score (nSPS) is 10.9. The van der Waals surface area contributed by atoms with Gasteiger partial charge in [-0.25, -0.2) is 19.0 Å². The number of fused-ring (bicyclic) bond motifs is 1. The zero-order valence-electron chi connectivity index (χ0n) is 11.0. The molecule has 6 nitrogen and oxygen atoms in total. The number of hydrogen-bond acceptors (Lipinski definition) is 5. The predicted molar refractivity (Wildman–Crippen MR) is 72.7 cm³/mol. The number of aryl methyl sites for hydroxylation is 1. The van der Waals surface area contributed by atoms with Crippen molar-refractivity contribution in [1.29, 1.82) is 0 Å². The van der Waals surface area contributed by atoms with Gasteiger partial charge in [0.2, 0.25) is 0 Å². The molecule has 0 amide bonds. The van der Waals surface area contributed by atoms with Crippen molar-refractivity contribution in [3.05, 3.63) is 30.3 Å². The summed E-state index contributed by atoms with van der Waals surface area (Å²) in [6.07, 6.45) is 1.35. The Labute approximate surface area is 114 Å². The van der Waals surface area contributed by atoms with E-state index in [1.165, 1.54) is 19.5 Å². The lowest BCUT2D eigenvalue weighted by molar-refractivity contribution is 0.411. The van der Waals surface area contributed by atoms with Crippen LogP contribution in [0.4, 0.5) is 10.2 Å². The molecule has 102 valence electrons. The lowest BCUT2D eigenvalue weighted by atomic mass is 10.1. The SMILES string of the molecule is COc1ccc(-c2nn(C)c3ncnc(N)c23)c(F)c1. The molecule has 3 aromatic rings. The third kappa shape index (κ3) is 1.75. The van der Waals surface area contributed by atoms with Gasteiger partial charge in [0.25, 0.3) is 0 Å². The van der Waals surface area contributed by atoms with Crippen molar-refractivity contribution in [2.45, 2.75) is 0 Å². The standard InChI is InChI=1S/C13H12FN5O/c1-19-13-10(12(15)16-6-17-13)11(18-19)8-4-3-7(20-2)5-9(8)14/h3-6H,1-2H3,(H2,15,16,17). The molecule has 0 saturated heterocycles. The van der Waals surface area contributed by atoms with Crippen molar-refractivity contribution in [3.8, 4) is 17.0 Å². The highest BCUT2D eigenvalue weighted by Gasteiger charge is 2.18. The smallest absolute Gasteiger partial charge is 0.163 e. The van der Waals surface area contributed by atoms with Gasteiger partial charge in [-0.15, -0.1) is 0 Å². The summed E-state index contributed by atoms with van der Waals surface area (Å²) in [7, 11) is 3.20. The number of nitrogens with zero attached hydrogens (tertiary/aromatic N) is 4. The van der Waals surface area contributed by atoms with E-state index in [1.54, 1.807) is 23.9 Å². The predicted octanol–water partition coefficient (Wildman–Crippen LogP) is 1.76. The Morgan fingerprint density at radius 2 is 2.10 bits per heavy atom. The van der Waals surface area contributed by atoms with Gasteiger partial charge in [0.1, 0.15) is 29.4 Å². The van der Waals surface area contributed by atoms with Crippen LogP contribution in [0.15, 0.2) is 24.5 Å². The number of benzene rings is 1. The van der Waals surface area contributed by atoms with Crippen LogP contribution in [0.2, 0.25) is 0 Å². The minimum Gasteiger partial charge on any atom is -0.497 e. The van der Waals surface area contributed by atoms with Gasteiger partial charge in [0.05, 0.1) is 12.5 Å². The van der Waals surface area contributed by atoms with Crippen molar-refractivity contribution >= 4 is 16.9 Å². The Balaban J connectivity index is 2.30. The van der Waals surface area contributed by atoms with Crippen LogP contribution < -0.4 is 10.5 Å². The van der Waals surface area contributed by atoms with E-state index in [1.807, 2.05) is 0 Å². The largest absolute Gasteiger partial charge is 0.497 e. The van der Waals surface area contributed by atoms with Gasteiger partial charge in [0, 0.05) is 18.7 Å². The summed E-state index contributed by atoms with van der Waals surface area (Å²) in [6, 6.07) is 4.57. The topological polar surface area (TPSA) is 78.8 Å². The summed E-state index contributed by atoms with van der Waals surface area (Å²) >= 11 is 0. The molecule has 0 spiro atoms. The van der Waals surface area contributed by atoms with Gasteiger partial charge in [-0.1, -0.05) is 0 Å². The van der Waals surface area contributed by atoms with Gasteiger partial charge >= 0.3 is 0 Å². The number of aromatic nitrogens is 4. The average molecular weight is 273 g/mol. The summed E-state index contributed by atoms with van der Waals surface area (Å²) in [5.74, 6) is 0.275. The summed E-state index contributed by atoms with van der Waals surface area (Å²) in [4.78, 5) is 8.05. The highest BCUT2D eigenvalue weighted by Crippen LogP contribution is 2.32. The van der Waals surface area contributed by atoms with Crippen molar-refractivity contribution in [3.63, 3.8) is 0 Å². The quantitative estimate of drug-likeness (QED) is 0.769. The fourth-order valence-electron chi connectivity index (χ4n) is 2.11. The van der Waals surface area contributed by atoms with Crippen molar-refractivity contribution in [2.24, 2.45) is 7.05 Å². The molecule has 2 heterocycles. The minimum absolute atomic E-state index is 0.272. The van der Waals surface area contributed by atoms with Gasteiger partial charge < -0.3 is 10.5 Å². The van der Waals surface area contributed by atoms with Crippen LogP contribution in [0, 0.1) is 5.82 Å². The summed E-state index contributed by atoms with van der Waals surface area (Å²) < 4.78 is 20.7. The van der Waals surface area contributed by atoms with Crippen molar-refractivity contribution in [2.75, 3.05) is 12.8 Å². The molecule has 0 fully saturated rings. The molecule has 2 aromatic heterocycles. The fourth-order valence-corrected chi connectivity index (χ4v) is 2.11. The molecule has 0 aliphatic heterocycles. The van der Waals surface area contributed by atoms with Crippen LogP contribution in [-0.4, -0.2) is 26.9 Å². The highest BCUT2D eigenvalue weighted by molar-refractivity contribution is 5.98. The van der Waals surface area contributed by atoms with Crippen LogP contribution in [0.5, 0.6) is 5.75 Å². The number of nitrogens with two attached hydrogens (primary N) is 1. The Bertz CT molecular complexity index is 799. The van der Waals surface area contributed by atoms with E-state index in [2.05, 4.69) is 15.1 Å². The second kappa shape index (κ2) is 4.44. The first kappa shape index (κ1) is 12.3. The number of hydrogen-bond donors (Lipinski definition) is 1. The minimum atomic E-state index is -0.437. The maximum atomic E-state index is 14.2. The van der Waals surface area contributed by atoms with E-state index < -0.39 is 5.82 Å². The van der Waals surface area contributed by atoms with E-state index in [9.17, 15) is 4.39 Å². The maximum absolute atomic E-state index is 14.2. The molecule has 1 aromatic carbocycles. The Morgan fingerprint density at radius 1 is 1.30 bits per heavy atom. The zero-order valence-corrected chi connectivity index (χ0v) is 11.0. The number of anilines is 1. The van der Waals surface area contributed by atoms with Crippen LogP contribution in [0.1, 0.15) is 0 Å². The molecular formula is C13H12FN5O. The van der Waals surface area contributed by atoms with E-state index in [0.29, 0.717) is 28.0 Å². The number of rotatable bonds is 2. The number of ether oxygens (including phenoxy) is 1. The van der Waals surface area contributed by atoms with Gasteiger partial charge in [-0.05, 0) is 12.1 Å². The average Bonchev–Trinajstić information content (AvgIpc) is 2.77. The van der Waals surface area contributed by atoms with Crippen molar-refractivity contribution < 1.29 is 9.13 Å². The first-order valence-corrected chi connectivity index (χ1v) is 5.89. The van der Waals surface area contributed by atoms with Crippen LogP contribution >= 0.6 is 0 Å². The fraction of sp³-hybridized carbons (Fsp3) is 0.154. The summed E-state index contributed by atoms with van der Waals surface area (Å²) in [5, 5.41) is 4.83. The molecule has 0 aliphatic rings. The molecule has 3 rings (SSSR count). The molecule has 20 heavy (non-hydrogen) atoms. The van der Waals surface area contributed by atoms with E-state index in [0.717, 1.165) is 0 Å². The molecule has 0 bridgehead atoms. The molecule has 0 saturated carbocycles. The molecule has 0 atom stereocenters. The van der Waals surface area contributed by atoms with E-state index in [4.69, 9.17) is 10.5 Å². The van der Waals surface area contributed by atoms with Crippen LogP contribution in [0.3, 0.4) is 0 Å². The first-order chi connectivity index (χ1) is 9.61. The third-order valence-electron chi connectivity index (χ3n) is 3.08. The van der Waals surface area contributed by atoms with Crippen LogP contribution in [-0.2, 0) is 7.05 Å². The van der Waals surface area contributed by atoms with Gasteiger partial charge in [-0.2, -0.15) is 5.10 Å². The van der Waals surface area contributed by atoms with E-state index in [-0.39, 0.29) is 5.82 Å². The second-order valence-corrected chi connectivity index (χ2v) is 4.28. The van der Waals surface area contributed by atoms with Gasteiger partial charge in [-0.3, -0.25) is 0 Å². The van der Waals surface area contributed by atoms with Crippen molar-refractivity contribution in [1.82, 2.24) is 19.7 Å². The summed E-state index contributed by atoms with van der Waals surface area (Å²) in [5.41, 5.74) is 7.17. The van der Waals surface area contributed by atoms with Crippen LogP contribution in [0.25, 0.3) is 22.3 Å². The van der Waals surface area contributed by atoms with Gasteiger partial charge in [0.15, 0.2) is 5.65 Å². The maximum Gasteiger partial charge on any atom is 0.163 e. The Kier molecular flexibility index (Phi) is 2.74. The monoisotopic (exact) mass is 273 g/mol. The van der Waals surface area contributed by atoms with E-state index >= 15 is 0 Å². The highest BCUT2D eigenvalue weighted by atomic mass is 19.1. The second-order valence-electron chi connectivity index (χ2n) is 4.28. The molecule has 0 unspecified atom stereocenters. The number of methoxy groups -OCH3 is 1. The lowest BCUT2D eigenvalue weighted by Crippen LogP contribution is -1.95. The summed E-state index contributed by atoms with van der Waals surface area (Å²) in [6.45, 7) is 0. The lowest BCUT2D eigenvalue weighted by Gasteiger charge is -2.04. The zero-order chi connectivity index (χ0) is 14.3. The Morgan fingerprint density at radius 3 is 2.80 bits per heavy atom. The number of halogens is 1. The molecule has 0 radical (unpaired) electrons. The first-order valence-electron chi connectivity index (χ1n) is 5.89. The number of nitrogen functional groups attached to an aromatic ring is 1. The molecule has 0 aliphatic carbocycles. The third-order valence-corrected chi connectivity index (χ3v) is 3.08. The Hall–Kier alpha value is -2.70.